The van der Waals surface area contributed by atoms with Gasteiger partial charge in [0.1, 0.15) is 5.69 Å². The first-order chi connectivity index (χ1) is 12.3. The van der Waals surface area contributed by atoms with Crippen LogP contribution in [0.25, 0.3) is 0 Å². The molecule has 0 atom stereocenters. The van der Waals surface area contributed by atoms with Crippen LogP contribution in [0.3, 0.4) is 0 Å². The number of rotatable bonds is 4. The van der Waals surface area contributed by atoms with E-state index in [0.29, 0.717) is 6.07 Å². The fraction of sp³-hybridized carbons (Fsp3) is 0.143. The molecule has 27 heavy (non-hydrogen) atoms. The molecule has 13 heteroatoms. The molecule has 0 N–H and O–H groups in total. The molecule has 0 fully saturated rings. The third-order valence-electron chi connectivity index (χ3n) is 3.44. The number of halogens is 6. The normalized spacial score (nSPS) is 11.4. The van der Waals surface area contributed by atoms with Crippen LogP contribution >= 0.6 is 43.5 Å². The average molecular weight is 533 g/mol. The average Bonchev–Trinajstić information content (AvgIpc) is 2.51. The van der Waals surface area contributed by atoms with Crippen molar-refractivity contribution in [3.8, 4) is 0 Å². The highest BCUT2D eigenvalue weighted by Crippen LogP contribution is 2.48. The number of hydrogen-bond donors (Lipinski definition) is 0. The van der Waals surface area contributed by atoms with Gasteiger partial charge < -0.3 is 4.90 Å². The third kappa shape index (κ3) is 4.33. The van der Waals surface area contributed by atoms with Crippen molar-refractivity contribution in [3.05, 3.63) is 64.0 Å². The predicted octanol–water partition coefficient (Wildman–Crippen LogP) is 6.47. The van der Waals surface area contributed by atoms with Gasteiger partial charge >= 0.3 is 6.18 Å². The highest BCUT2D eigenvalue weighted by molar-refractivity contribution is 9.11. The molecule has 0 amide bonds. The fourth-order valence-electron chi connectivity index (χ4n) is 2.38. The van der Waals surface area contributed by atoms with E-state index in [4.69, 9.17) is 11.6 Å². The third-order valence-corrected chi connectivity index (χ3v) is 4.87. The van der Waals surface area contributed by atoms with Crippen LogP contribution in [0.2, 0.25) is 5.02 Å². The molecule has 2 aromatic carbocycles. The number of nitro benzene ring substituents is 2. The Bertz CT molecular complexity index is 933. The quantitative estimate of drug-likeness (QED) is 0.332. The van der Waals surface area contributed by atoms with Crippen LogP contribution < -0.4 is 4.90 Å². The van der Waals surface area contributed by atoms with Gasteiger partial charge in [0.15, 0.2) is 0 Å². The lowest BCUT2D eigenvalue weighted by atomic mass is 10.1. The zero-order valence-electron chi connectivity index (χ0n) is 13.1. The number of hydrogen-bond acceptors (Lipinski definition) is 5. The van der Waals surface area contributed by atoms with Crippen LogP contribution in [0, 0.1) is 20.2 Å². The van der Waals surface area contributed by atoms with Gasteiger partial charge in [-0.05, 0) is 44.0 Å². The van der Waals surface area contributed by atoms with Gasteiger partial charge in [-0.25, -0.2) is 0 Å². The van der Waals surface area contributed by atoms with E-state index in [0.717, 1.165) is 4.90 Å². The first kappa shape index (κ1) is 21.4. The Morgan fingerprint density at radius 1 is 1.00 bits per heavy atom. The Labute approximate surface area is 171 Å². The summed E-state index contributed by atoms with van der Waals surface area (Å²) in [5.74, 6) is 0. The number of alkyl halides is 3. The lowest BCUT2D eigenvalue weighted by Gasteiger charge is -2.25. The van der Waals surface area contributed by atoms with E-state index >= 15 is 0 Å². The molecule has 0 heterocycles. The van der Waals surface area contributed by atoms with Crippen LogP contribution in [-0.4, -0.2) is 16.9 Å². The highest BCUT2D eigenvalue weighted by Gasteiger charge is 2.41. The topological polar surface area (TPSA) is 89.5 Å². The van der Waals surface area contributed by atoms with Gasteiger partial charge in [0, 0.05) is 27.1 Å². The summed E-state index contributed by atoms with van der Waals surface area (Å²) in [6.45, 7) is 0. The van der Waals surface area contributed by atoms with E-state index in [1.54, 1.807) is 0 Å². The zero-order chi connectivity index (χ0) is 20.7. The molecular weight excluding hydrogens is 526 g/mol. The first-order valence-electron chi connectivity index (χ1n) is 6.77. The van der Waals surface area contributed by atoms with E-state index in [1.807, 2.05) is 0 Å². The van der Waals surface area contributed by atoms with Crippen molar-refractivity contribution < 1.29 is 23.0 Å². The van der Waals surface area contributed by atoms with Crippen LogP contribution in [0.4, 0.5) is 35.9 Å². The van der Waals surface area contributed by atoms with Crippen LogP contribution in [0.1, 0.15) is 5.56 Å². The number of anilines is 2. The summed E-state index contributed by atoms with van der Waals surface area (Å²) in [4.78, 5) is 21.0. The van der Waals surface area contributed by atoms with E-state index in [-0.39, 0.29) is 25.7 Å². The van der Waals surface area contributed by atoms with Gasteiger partial charge in [-0.3, -0.25) is 20.2 Å². The molecule has 0 aliphatic rings. The molecule has 0 saturated carbocycles. The van der Waals surface area contributed by atoms with Crippen LogP contribution in [0.15, 0.2) is 33.2 Å². The molecular formula is C14H7Br2ClF3N3O4. The molecule has 2 aromatic rings. The van der Waals surface area contributed by atoms with E-state index in [1.165, 1.54) is 19.2 Å². The number of benzene rings is 2. The Morgan fingerprint density at radius 2 is 1.52 bits per heavy atom. The smallest absolute Gasteiger partial charge is 0.337 e. The summed E-state index contributed by atoms with van der Waals surface area (Å²) in [6, 6.07) is 3.53. The maximum atomic E-state index is 13.6. The van der Waals surface area contributed by atoms with Gasteiger partial charge in [0.2, 0.25) is 0 Å². The van der Waals surface area contributed by atoms with Crippen molar-refractivity contribution >= 4 is 66.2 Å². The lowest BCUT2D eigenvalue weighted by molar-refractivity contribution is -0.394. The highest BCUT2D eigenvalue weighted by atomic mass is 79.9. The molecule has 0 radical (unpaired) electrons. The summed E-state index contributed by atoms with van der Waals surface area (Å²) in [7, 11) is 1.17. The summed E-state index contributed by atoms with van der Waals surface area (Å²) in [6.07, 6.45) is -5.08. The molecule has 0 unspecified atom stereocenters. The second-order valence-electron chi connectivity index (χ2n) is 5.15. The minimum atomic E-state index is -5.08. The Morgan fingerprint density at radius 3 is 1.93 bits per heavy atom. The van der Waals surface area contributed by atoms with E-state index in [2.05, 4.69) is 31.9 Å². The van der Waals surface area contributed by atoms with Crippen molar-refractivity contribution in [2.75, 3.05) is 11.9 Å². The molecule has 0 aliphatic carbocycles. The lowest BCUT2D eigenvalue weighted by Crippen LogP contribution is -2.19. The fourth-order valence-corrected chi connectivity index (χ4v) is 4.58. The molecule has 0 spiro atoms. The summed E-state index contributed by atoms with van der Waals surface area (Å²) < 4.78 is 41.2. The second-order valence-corrected chi connectivity index (χ2v) is 7.30. The Hall–Kier alpha value is -1.92. The second kappa shape index (κ2) is 7.60. The SMILES string of the molecule is CN(c1c(Br)cc(Cl)cc1Br)c1c([N+](=O)[O-])cc([N+](=O)[O-])cc1C(F)(F)F. The Balaban J connectivity index is 2.90. The molecule has 0 saturated heterocycles. The predicted molar refractivity (Wildman–Crippen MR) is 99.7 cm³/mol. The van der Waals surface area contributed by atoms with Crippen molar-refractivity contribution in [2.45, 2.75) is 6.18 Å². The molecule has 0 bridgehead atoms. The molecule has 7 nitrogen and oxygen atoms in total. The minimum Gasteiger partial charge on any atom is -0.337 e. The largest absolute Gasteiger partial charge is 0.418 e. The number of non-ortho nitro benzene ring substituents is 1. The monoisotopic (exact) mass is 531 g/mol. The number of nitrogens with zero attached hydrogens (tertiary/aromatic N) is 3. The van der Waals surface area contributed by atoms with E-state index in [9.17, 15) is 33.4 Å². The molecule has 2 rings (SSSR count). The number of nitro groups is 2. The van der Waals surface area contributed by atoms with Gasteiger partial charge in [0.25, 0.3) is 11.4 Å². The van der Waals surface area contributed by atoms with Crippen molar-refractivity contribution in [1.82, 2.24) is 0 Å². The van der Waals surface area contributed by atoms with Gasteiger partial charge in [-0.1, -0.05) is 11.6 Å². The van der Waals surface area contributed by atoms with Crippen molar-refractivity contribution in [2.24, 2.45) is 0 Å². The van der Waals surface area contributed by atoms with Gasteiger partial charge in [0.05, 0.1) is 27.2 Å². The Kier molecular flexibility index (Phi) is 6.02. The zero-order valence-corrected chi connectivity index (χ0v) is 17.0. The van der Waals surface area contributed by atoms with Crippen LogP contribution in [0.5, 0.6) is 0 Å². The molecule has 0 aliphatic heterocycles. The molecule has 0 aromatic heterocycles. The molecule has 144 valence electrons. The van der Waals surface area contributed by atoms with Crippen LogP contribution in [-0.2, 0) is 6.18 Å². The summed E-state index contributed by atoms with van der Waals surface area (Å²) >= 11 is 12.2. The minimum absolute atomic E-state index is 0.113. The van der Waals surface area contributed by atoms with Crippen molar-refractivity contribution in [1.29, 1.82) is 0 Å². The van der Waals surface area contributed by atoms with Gasteiger partial charge in [-0.2, -0.15) is 13.2 Å². The van der Waals surface area contributed by atoms with Gasteiger partial charge in [-0.15, -0.1) is 0 Å². The van der Waals surface area contributed by atoms with Crippen molar-refractivity contribution in [3.63, 3.8) is 0 Å². The van der Waals surface area contributed by atoms with E-state index < -0.39 is 38.6 Å². The maximum absolute atomic E-state index is 13.6. The summed E-state index contributed by atoms with van der Waals surface area (Å²) in [5.41, 5.74) is -4.35. The standard InChI is InChI=1S/C14H7Br2ClF3N3O4/c1-21(13-9(15)2-6(17)3-10(13)16)12-8(14(18,19)20)4-7(22(24)25)5-11(12)23(26)27/h2-5H,1H3. The first-order valence-corrected chi connectivity index (χ1v) is 8.73. The summed E-state index contributed by atoms with van der Waals surface area (Å²) in [5, 5.41) is 22.6. The maximum Gasteiger partial charge on any atom is 0.418 e.